The summed E-state index contributed by atoms with van der Waals surface area (Å²) in [6, 6.07) is 20.7. The van der Waals surface area contributed by atoms with Crippen LogP contribution in [-0.4, -0.2) is 40.6 Å². The Morgan fingerprint density at radius 3 is 1.09 bits per heavy atom. The van der Waals surface area contributed by atoms with Crippen molar-refractivity contribution in [2.24, 2.45) is 0 Å². The molecule has 6 nitrogen and oxygen atoms in total. The lowest BCUT2D eigenvalue weighted by Crippen LogP contribution is -2.11. The minimum atomic E-state index is 0.0563. The molecule has 0 amide bonds. The van der Waals surface area contributed by atoms with Gasteiger partial charge in [0.15, 0.2) is 23.0 Å². The topological polar surface area (TPSA) is 55.4 Å². The summed E-state index contributed by atoms with van der Waals surface area (Å²) in [6.07, 6.45) is 10.2. The van der Waals surface area contributed by atoms with E-state index in [1.807, 2.05) is 38.1 Å². The van der Waals surface area contributed by atoms with E-state index in [9.17, 15) is 0 Å². The van der Waals surface area contributed by atoms with Gasteiger partial charge in [0.25, 0.3) is 0 Å². The minimum Gasteiger partial charge on any atom is -0.493 e. The Kier molecular flexibility index (Phi) is 11.2. The molecule has 0 aromatic heterocycles. The summed E-state index contributed by atoms with van der Waals surface area (Å²) < 4.78 is 34.7. The summed E-state index contributed by atoms with van der Waals surface area (Å²) >= 11 is 0. The molecular formula is C38H44O6. The summed E-state index contributed by atoms with van der Waals surface area (Å²) in [5.74, 6) is 3.85. The Balaban J connectivity index is 1.54. The molecule has 4 aromatic rings. The van der Waals surface area contributed by atoms with E-state index in [2.05, 4.69) is 74.5 Å². The van der Waals surface area contributed by atoms with Crippen LogP contribution in [0.3, 0.4) is 0 Å². The number of ether oxygens (including phenoxy) is 6. The second-order valence-electron chi connectivity index (χ2n) is 10.7. The fourth-order valence-electron chi connectivity index (χ4n) is 4.67. The van der Waals surface area contributed by atoms with Gasteiger partial charge in [-0.15, -0.1) is 0 Å². The van der Waals surface area contributed by atoms with Crippen LogP contribution in [0.1, 0.15) is 62.8 Å². The minimum absolute atomic E-state index is 0.0563. The predicted molar refractivity (Wildman–Crippen MR) is 182 cm³/mol. The third-order valence-corrected chi connectivity index (χ3v) is 7.58. The fraction of sp³-hybridized carbons (Fsp3) is 0.316. The van der Waals surface area contributed by atoms with E-state index in [0.29, 0.717) is 34.5 Å². The molecule has 0 heterocycles. The molecule has 0 spiro atoms. The Morgan fingerprint density at radius 2 is 0.795 bits per heavy atom. The fourth-order valence-corrected chi connectivity index (χ4v) is 4.67. The van der Waals surface area contributed by atoms with Crippen molar-refractivity contribution in [3.05, 3.63) is 82.9 Å². The number of fused-ring (bicyclic) bond motifs is 1. The molecule has 0 saturated heterocycles. The molecule has 232 valence electrons. The van der Waals surface area contributed by atoms with Crippen molar-refractivity contribution in [3.63, 3.8) is 0 Å². The van der Waals surface area contributed by atoms with Crippen molar-refractivity contribution in [1.29, 1.82) is 0 Å². The summed E-state index contributed by atoms with van der Waals surface area (Å²) in [5, 5.41) is 2.32. The SMILES string of the molecule is CCC(C)Oc1c(OC)cc(C=Cc2ccc3cc(C=Cc4cc(OC)c(OC(C)CC)c(OC)c4)ccc3c2)cc1OC. The van der Waals surface area contributed by atoms with Crippen LogP contribution in [0.25, 0.3) is 35.1 Å². The van der Waals surface area contributed by atoms with E-state index in [1.165, 1.54) is 0 Å². The van der Waals surface area contributed by atoms with Gasteiger partial charge in [-0.05, 0) is 96.1 Å². The lowest BCUT2D eigenvalue weighted by Gasteiger charge is -2.18. The summed E-state index contributed by atoms with van der Waals surface area (Å²) in [6.45, 7) is 8.23. The maximum absolute atomic E-state index is 6.07. The summed E-state index contributed by atoms with van der Waals surface area (Å²) in [5.41, 5.74) is 4.11. The van der Waals surface area contributed by atoms with E-state index in [4.69, 9.17) is 28.4 Å². The first-order chi connectivity index (χ1) is 21.3. The second-order valence-corrected chi connectivity index (χ2v) is 10.7. The second kappa shape index (κ2) is 15.2. The Bertz CT molecular complexity index is 1450. The molecule has 0 aliphatic carbocycles. The highest BCUT2D eigenvalue weighted by Crippen LogP contribution is 2.41. The third-order valence-electron chi connectivity index (χ3n) is 7.58. The number of hydrogen-bond donors (Lipinski definition) is 0. The number of rotatable bonds is 14. The maximum atomic E-state index is 6.07. The van der Waals surface area contributed by atoms with Gasteiger partial charge in [0.1, 0.15) is 0 Å². The predicted octanol–water partition coefficient (Wildman–Crippen LogP) is 9.57. The molecule has 44 heavy (non-hydrogen) atoms. The van der Waals surface area contributed by atoms with Crippen molar-refractivity contribution in [2.75, 3.05) is 28.4 Å². The molecule has 6 heteroatoms. The van der Waals surface area contributed by atoms with Crippen molar-refractivity contribution >= 4 is 35.1 Å². The molecule has 4 rings (SSSR count). The molecule has 0 radical (unpaired) electrons. The Hall–Kier alpha value is -4.58. The highest BCUT2D eigenvalue weighted by atomic mass is 16.5. The molecular weight excluding hydrogens is 552 g/mol. The lowest BCUT2D eigenvalue weighted by molar-refractivity contribution is 0.198. The number of benzene rings is 4. The zero-order valence-corrected chi connectivity index (χ0v) is 27.1. The van der Waals surface area contributed by atoms with E-state index >= 15 is 0 Å². The lowest BCUT2D eigenvalue weighted by atomic mass is 10.0. The van der Waals surface area contributed by atoms with Gasteiger partial charge in [0.05, 0.1) is 40.6 Å². The van der Waals surface area contributed by atoms with Crippen LogP contribution in [0.5, 0.6) is 34.5 Å². The first-order valence-electron chi connectivity index (χ1n) is 15.1. The third kappa shape index (κ3) is 7.87. The van der Waals surface area contributed by atoms with Crippen molar-refractivity contribution in [1.82, 2.24) is 0 Å². The molecule has 0 aliphatic heterocycles. The Morgan fingerprint density at radius 1 is 0.477 bits per heavy atom. The van der Waals surface area contributed by atoms with Gasteiger partial charge in [0.2, 0.25) is 11.5 Å². The molecule has 0 saturated carbocycles. The van der Waals surface area contributed by atoms with Gasteiger partial charge in [-0.3, -0.25) is 0 Å². The standard InChI is InChI=1S/C38H44O6/c1-9-25(3)43-37-33(39-5)21-29(22-34(37)40-6)13-11-27-15-17-32-20-28(16-18-31(32)19-27)12-14-30-23-35(41-7)38(36(24-30)42-8)44-26(4)10-2/h11-26H,9-10H2,1-8H3. The van der Waals surface area contributed by atoms with Gasteiger partial charge in [-0.1, -0.05) is 62.4 Å². The molecule has 0 aliphatic rings. The van der Waals surface area contributed by atoms with Crippen LogP contribution in [0, 0.1) is 0 Å². The van der Waals surface area contributed by atoms with E-state index in [1.54, 1.807) is 28.4 Å². The van der Waals surface area contributed by atoms with E-state index in [0.717, 1.165) is 45.9 Å². The molecule has 0 bridgehead atoms. The van der Waals surface area contributed by atoms with Gasteiger partial charge < -0.3 is 28.4 Å². The van der Waals surface area contributed by atoms with Gasteiger partial charge in [-0.25, -0.2) is 0 Å². The van der Waals surface area contributed by atoms with Crippen molar-refractivity contribution in [2.45, 2.75) is 52.7 Å². The number of hydrogen-bond acceptors (Lipinski definition) is 6. The van der Waals surface area contributed by atoms with Gasteiger partial charge in [-0.2, -0.15) is 0 Å². The monoisotopic (exact) mass is 596 g/mol. The zero-order chi connectivity index (χ0) is 31.6. The van der Waals surface area contributed by atoms with E-state index < -0.39 is 0 Å². The molecule has 2 unspecified atom stereocenters. The quantitative estimate of drug-likeness (QED) is 0.135. The Labute approximate surface area is 261 Å². The zero-order valence-electron chi connectivity index (χ0n) is 27.1. The van der Waals surface area contributed by atoms with Crippen LogP contribution in [0.4, 0.5) is 0 Å². The molecule has 2 atom stereocenters. The van der Waals surface area contributed by atoms with Crippen molar-refractivity contribution < 1.29 is 28.4 Å². The first-order valence-corrected chi connectivity index (χ1v) is 15.1. The largest absolute Gasteiger partial charge is 0.493 e. The van der Waals surface area contributed by atoms with Crippen LogP contribution >= 0.6 is 0 Å². The van der Waals surface area contributed by atoms with Crippen molar-refractivity contribution in [3.8, 4) is 34.5 Å². The molecule has 0 fully saturated rings. The smallest absolute Gasteiger partial charge is 0.203 e. The van der Waals surface area contributed by atoms with Crippen LogP contribution < -0.4 is 28.4 Å². The average molecular weight is 597 g/mol. The normalized spacial score (nSPS) is 12.8. The highest BCUT2D eigenvalue weighted by molar-refractivity contribution is 5.89. The van der Waals surface area contributed by atoms with E-state index in [-0.39, 0.29) is 12.2 Å². The van der Waals surface area contributed by atoms with Crippen LogP contribution in [0.2, 0.25) is 0 Å². The van der Waals surface area contributed by atoms with Crippen LogP contribution in [0.15, 0.2) is 60.7 Å². The first kappa shape index (κ1) is 32.3. The van der Waals surface area contributed by atoms with Crippen LogP contribution in [-0.2, 0) is 0 Å². The number of methoxy groups -OCH3 is 4. The average Bonchev–Trinajstić information content (AvgIpc) is 3.06. The maximum Gasteiger partial charge on any atom is 0.203 e. The van der Waals surface area contributed by atoms with Gasteiger partial charge in [0, 0.05) is 0 Å². The van der Waals surface area contributed by atoms with Gasteiger partial charge >= 0.3 is 0 Å². The highest BCUT2D eigenvalue weighted by Gasteiger charge is 2.17. The molecule has 4 aromatic carbocycles. The molecule has 0 N–H and O–H groups in total. The summed E-state index contributed by atoms with van der Waals surface area (Å²) in [7, 11) is 6.58. The summed E-state index contributed by atoms with van der Waals surface area (Å²) in [4.78, 5) is 0.